The maximum atomic E-state index is 13.0. The fourth-order valence-corrected chi connectivity index (χ4v) is 6.43. The minimum atomic E-state index is -0.670. The molecule has 5 aromatic rings. The second-order valence-electron chi connectivity index (χ2n) is 11.2. The van der Waals surface area contributed by atoms with Gasteiger partial charge in [0.25, 0.3) is 0 Å². The number of ether oxygens (including phenoxy) is 4. The fraction of sp³-hybridized carbons (Fsp3) is 0.250. The van der Waals surface area contributed by atoms with Gasteiger partial charge in [-0.2, -0.15) is 0 Å². The molecule has 6 rings (SSSR count). The maximum absolute atomic E-state index is 13.0. The topological polar surface area (TPSA) is 98.3 Å². The van der Waals surface area contributed by atoms with E-state index in [9.17, 15) is 4.79 Å². The van der Waals surface area contributed by atoms with Gasteiger partial charge in [-0.1, -0.05) is 41.4 Å². The molecule has 0 bridgehead atoms. The van der Waals surface area contributed by atoms with Crippen molar-refractivity contribution in [1.82, 2.24) is 19.8 Å². The summed E-state index contributed by atoms with van der Waals surface area (Å²) in [6, 6.07) is 20.7. The SMILES string of the molecule is COc1ccc(CN2CCN(Cc3ccc(NC(=O)Oc4ccc(-c5c(Cl)c(OC)cc(OC)c5Cl)c5cccnc45)cn3)CC2)cc1. The van der Waals surface area contributed by atoms with E-state index in [4.69, 9.17) is 42.1 Å². The molecule has 48 heavy (non-hydrogen) atoms. The highest BCUT2D eigenvalue weighted by Crippen LogP contribution is 2.48. The summed E-state index contributed by atoms with van der Waals surface area (Å²) in [5, 5.41) is 4.08. The first kappa shape index (κ1) is 33.3. The summed E-state index contributed by atoms with van der Waals surface area (Å²) < 4.78 is 21.9. The van der Waals surface area contributed by atoms with Crippen molar-refractivity contribution in [2.45, 2.75) is 13.1 Å². The molecule has 1 saturated heterocycles. The summed E-state index contributed by atoms with van der Waals surface area (Å²) in [6.07, 6.45) is 2.59. The van der Waals surface area contributed by atoms with Gasteiger partial charge in [0.15, 0.2) is 5.75 Å². The lowest BCUT2D eigenvalue weighted by Gasteiger charge is -2.34. The molecule has 3 heterocycles. The molecule has 0 radical (unpaired) electrons. The van der Waals surface area contributed by atoms with E-state index >= 15 is 0 Å². The third kappa shape index (κ3) is 7.42. The second-order valence-corrected chi connectivity index (χ2v) is 12.0. The smallest absolute Gasteiger partial charge is 0.417 e. The first-order valence-corrected chi connectivity index (χ1v) is 16.1. The third-order valence-electron chi connectivity index (χ3n) is 8.27. The molecule has 248 valence electrons. The van der Waals surface area contributed by atoms with Gasteiger partial charge in [0, 0.05) is 62.5 Å². The Morgan fingerprint density at radius 2 is 1.48 bits per heavy atom. The predicted molar refractivity (Wildman–Crippen MR) is 188 cm³/mol. The van der Waals surface area contributed by atoms with Crippen LogP contribution in [0.3, 0.4) is 0 Å². The van der Waals surface area contributed by atoms with Gasteiger partial charge >= 0.3 is 6.09 Å². The van der Waals surface area contributed by atoms with Crippen molar-refractivity contribution >= 4 is 45.9 Å². The summed E-state index contributed by atoms with van der Waals surface area (Å²) in [5.41, 5.74) is 4.37. The standard InChI is InChI=1S/C36H35Cl2N5O5/c1-45-26-10-6-23(7-11-26)21-42-15-17-43(18-16-42)22-25-9-8-24(20-40-25)41-36(44)48-29-13-12-27(28-5-4-14-39-35(28)29)32-33(37)30(46-2)19-31(47-3)34(32)38/h4-14,19-20H,15-18,21-22H2,1-3H3,(H,41,44). The lowest BCUT2D eigenvalue weighted by atomic mass is 9.99. The molecule has 1 aliphatic rings. The van der Waals surface area contributed by atoms with Gasteiger partial charge in [-0.25, -0.2) is 4.79 Å². The van der Waals surface area contributed by atoms with Crippen molar-refractivity contribution in [2.75, 3.05) is 52.8 Å². The van der Waals surface area contributed by atoms with Crippen molar-refractivity contribution in [3.8, 4) is 34.1 Å². The Morgan fingerprint density at radius 1 is 0.792 bits per heavy atom. The van der Waals surface area contributed by atoms with Gasteiger partial charge in [-0.15, -0.1) is 0 Å². The number of rotatable bonds is 10. The van der Waals surface area contributed by atoms with Crippen molar-refractivity contribution in [3.63, 3.8) is 0 Å². The summed E-state index contributed by atoms with van der Waals surface area (Å²) in [7, 11) is 4.72. The van der Waals surface area contributed by atoms with Crippen molar-refractivity contribution < 1.29 is 23.7 Å². The lowest BCUT2D eigenvalue weighted by molar-refractivity contribution is 0.121. The van der Waals surface area contributed by atoms with Crippen LogP contribution in [0.5, 0.6) is 23.0 Å². The van der Waals surface area contributed by atoms with Crippen LogP contribution < -0.4 is 24.3 Å². The Bertz CT molecular complexity index is 1870. The van der Waals surface area contributed by atoms with Gasteiger partial charge in [-0.3, -0.25) is 25.1 Å². The zero-order valence-corrected chi connectivity index (χ0v) is 28.3. The number of halogens is 2. The van der Waals surface area contributed by atoms with Crippen LogP contribution in [0.15, 0.2) is 79.1 Å². The van der Waals surface area contributed by atoms with Crippen molar-refractivity contribution in [1.29, 1.82) is 0 Å². The van der Waals surface area contributed by atoms with Gasteiger partial charge in [-0.05, 0) is 53.6 Å². The second kappa shape index (κ2) is 15.1. The minimum absolute atomic E-state index is 0.268. The normalized spacial score (nSPS) is 13.7. The minimum Gasteiger partial charge on any atom is -0.497 e. The molecule has 1 fully saturated rings. The molecule has 0 atom stereocenters. The monoisotopic (exact) mass is 687 g/mol. The van der Waals surface area contributed by atoms with Crippen molar-refractivity contribution in [2.24, 2.45) is 0 Å². The number of amides is 1. The van der Waals surface area contributed by atoms with E-state index in [0.717, 1.165) is 50.7 Å². The van der Waals surface area contributed by atoms with E-state index in [1.165, 1.54) is 19.8 Å². The van der Waals surface area contributed by atoms with Crippen LogP contribution >= 0.6 is 23.2 Å². The number of pyridine rings is 2. The molecular formula is C36H35Cl2N5O5. The molecule has 1 aliphatic heterocycles. The van der Waals surface area contributed by atoms with Gasteiger partial charge in [0.2, 0.25) is 0 Å². The molecule has 10 nitrogen and oxygen atoms in total. The summed E-state index contributed by atoms with van der Waals surface area (Å²) in [4.78, 5) is 26.9. The van der Waals surface area contributed by atoms with E-state index in [-0.39, 0.29) is 5.75 Å². The maximum Gasteiger partial charge on any atom is 0.417 e. The Kier molecular flexibility index (Phi) is 10.5. The van der Waals surface area contributed by atoms with E-state index in [0.29, 0.717) is 49.3 Å². The highest BCUT2D eigenvalue weighted by atomic mass is 35.5. The average Bonchev–Trinajstić information content (AvgIpc) is 3.11. The molecule has 0 spiro atoms. The highest BCUT2D eigenvalue weighted by molar-refractivity contribution is 6.41. The Labute approximate surface area is 289 Å². The Balaban J connectivity index is 1.08. The number of hydrogen-bond donors (Lipinski definition) is 1. The van der Waals surface area contributed by atoms with Crippen LogP contribution in [0.4, 0.5) is 10.5 Å². The summed E-state index contributed by atoms with van der Waals surface area (Å²) >= 11 is 13.4. The largest absolute Gasteiger partial charge is 0.497 e. The fourth-order valence-electron chi connectivity index (χ4n) is 5.73. The van der Waals surface area contributed by atoms with Gasteiger partial charge in [0.05, 0.1) is 49.0 Å². The quantitative estimate of drug-likeness (QED) is 0.159. The van der Waals surface area contributed by atoms with E-state index in [2.05, 4.69) is 37.2 Å². The number of fused-ring (bicyclic) bond motifs is 1. The lowest BCUT2D eigenvalue weighted by Crippen LogP contribution is -2.45. The summed E-state index contributed by atoms with van der Waals surface area (Å²) in [6.45, 7) is 5.52. The van der Waals surface area contributed by atoms with E-state index in [1.807, 2.05) is 30.3 Å². The number of methoxy groups -OCH3 is 3. The molecule has 0 aliphatic carbocycles. The molecule has 1 N–H and O–H groups in total. The third-order valence-corrected chi connectivity index (χ3v) is 9.02. The molecule has 0 saturated carbocycles. The van der Waals surface area contributed by atoms with Crippen LogP contribution in [-0.4, -0.2) is 73.4 Å². The first-order valence-electron chi connectivity index (χ1n) is 15.4. The number of piperazine rings is 1. The van der Waals surface area contributed by atoms with Crippen LogP contribution in [0.25, 0.3) is 22.0 Å². The van der Waals surface area contributed by atoms with Crippen LogP contribution in [0, 0.1) is 0 Å². The molecular weight excluding hydrogens is 653 g/mol. The van der Waals surface area contributed by atoms with Crippen LogP contribution in [-0.2, 0) is 13.1 Å². The first-order chi connectivity index (χ1) is 23.4. The number of anilines is 1. The zero-order valence-electron chi connectivity index (χ0n) is 26.8. The van der Waals surface area contributed by atoms with E-state index < -0.39 is 6.09 Å². The molecule has 0 unspecified atom stereocenters. The van der Waals surface area contributed by atoms with Crippen molar-refractivity contribution in [3.05, 3.63) is 100 Å². The number of aromatic nitrogens is 2. The van der Waals surface area contributed by atoms with Crippen LogP contribution in [0.2, 0.25) is 10.0 Å². The highest BCUT2D eigenvalue weighted by Gasteiger charge is 2.22. The Hall–Kier alpha value is -4.61. The molecule has 2 aromatic heterocycles. The number of benzene rings is 3. The van der Waals surface area contributed by atoms with Crippen LogP contribution in [0.1, 0.15) is 11.3 Å². The number of carbonyl (C=O) groups is 1. The predicted octanol–water partition coefficient (Wildman–Crippen LogP) is 7.56. The molecule has 12 heteroatoms. The van der Waals surface area contributed by atoms with Gasteiger partial charge in [0.1, 0.15) is 22.8 Å². The number of nitrogens with one attached hydrogen (secondary N) is 1. The van der Waals surface area contributed by atoms with Gasteiger partial charge < -0.3 is 18.9 Å². The summed E-state index contributed by atoms with van der Waals surface area (Å²) in [5.74, 6) is 1.96. The Morgan fingerprint density at radius 3 is 2.10 bits per heavy atom. The molecule has 3 aromatic carbocycles. The molecule has 1 amide bonds. The number of carbonyl (C=O) groups excluding carboxylic acids is 1. The van der Waals surface area contributed by atoms with E-state index in [1.54, 1.807) is 43.8 Å². The zero-order chi connectivity index (χ0) is 33.6. The average molecular weight is 689 g/mol. The number of hydrogen-bond acceptors (Lipinski definition) is 9. The number of nitrogens with zero attached hydrogens (tertiary/aromatic N) is 4.